The highest BCUT2D eigenvalue weighted by atomic mass is 19.1. The number of hydrogen-bond acceptors (Lipinski definition) is 3. The zero-order valence-electron chi connectivity index (χ0n) is 12.2. The van der Waals surface area contributed by atoms with Crippen LogP contribution in [-0.4, -0.2) is 14.2 Å². The van der Waals surface area contributed by atoms with Gasteiger partial charge in [-0.05, 0) is 36.8 Å². The molecule has 2 aromatic carbocycles. The molecule has 2 rings (SSSR count). The summed E-state index contributed by atoms with van der Waals surface area (Å²) in [4.78, 5) is 0. The van der Waals surface area contributed by atoms with E-state index in [0.717, 1.165) is 23.4 Å². The average molecular weight is 293 g/mol. The lowest BCUT2D eigenvalue weighted by atomic mass is 10.1. The first kappa shape index (κ1) is 15.1. The highest BCUT2D eigenvalue weighted by molar-refractivity contribution is 5.60. The molecule has 0 saturated heterocycles. The number of ether oxygens (including phenoxy) is 2. The molecule has 0 aliphatic rings. The number of benzene rings is 2. The zero-order valence-corrected chi connectivity index (χ0v) is 12.2. The molecule has 5 heteroatoms. The van der Waals surface area contributed by atoms with Crippen LogP contribution in [0, 0.1) is 18.6 Å². The van der Waals surface area contributed by atoms with Gasteiger partial charge in [0.25, 0.3) is 0 Å². The van der Waals surface area contributed by atoms with Gasteiger partial charge in [0.2, 0.25) is 0 Å². The van der Waals surface area contributed by atoms with E-state index in [4.69, 9.17) is 9.47 Å². The van der Waals surface area contributed by atoms with Crippen LogP contribution < -0.4 is 14.8 Å². The largest absolute Gasteiger partial charge is 0.493 e. The lowest BCUT2D eigenvalue weighted by Gasteiger charge is -2.14. The molecule has 0 aromatic heterocycles. The third kappa shape index (κ3) is 3.42. The van der Waals surface area contributed by atoms with Crippen LogP contribution in [0.3, 0.4) is 0 Å². The summed E-state index contributed by atoms with van der Waals surface area (Å²) in [6.45, 7) is 2.08. The molecule has 1 N–H and O–H groups in total. The molecule has 0 fully saturated rings. The highest BCUT2D eigenvalue weighted by Crippen LogP contribution is 2.33. The minimum Gasteiger partial charge on any atom is -0.493 e. The van der Waals surface area contributed by atoms with Crippen LogP contribution in [0.4, 0.5) is 14.5 Å². The molecule has 21 heavy (non-hydrogen) atoms. The molecule has 0 spiro atoms. The fourth-order valence-electron chi connectivity index (χ4n) is 2.04. The van der Waals surface area contributed by atoms with Crippen LogP contribution in [0.2, 0.25) is 0 Å². The fourth-order valence-corrected chi connectivity index (χ4v) is 2.04. The van der Waals surface area contributed by atoms with E-state index in [9.17, 15) is 8.78 Å². The first-order valence-electron chi connectivity index (χ1n) is 6.45. The molecule has 0 aliphatic carbocycles. The smallest absolute Gasteiger partial charge is 0.162 e. The van der Waals surface area contributed by atoms with Gasteiger partial charge < -0.3 is 14.8 Å². The SMILES string of the molecule is COc1cc(C)c(NCc2cc(F)ccc2F)cc1OC. The highest BCUT2D eigenvalue weighted by Gasteiger charge is 2.09. The van der Waals surface area contributed by atoms with Crippen LogP contribution in [0.25, 0.3) is 0 Å². The van der Waals surface area contributed by atoms with Crippen molar-refractivity contribution < 1.29 is 18.3 Å². The minimum atomic E-state index is -0.461. The summed E-state index contributed by atoms with van der Waals surface area (Å²) in [5, 5.41) is 3.08. The van der Waals surface area contributed by atoms with E-state index < -0.39 is 11.6 Å². The summed E-state index contributed by atoms with van der Waals surface area (Å²) >= 11 is 0. The van der Waals surface area contributed by atoms with Crippen molar-refractivity contribution in [2.75, 3.05) is 19.5 Å². The molecule has 112 valence electrons. The predicted octanol–water partition coefficient (Wildman–Crippen LogP) is 3.90. The topological polar surface area (TPSA) is 30.5 Å². The Morgan fingerprint density at radius 1 is 1.00 bits per heavy atom. The molecule has 0 atom stereocenters. The normalized spacial score (nSPS) is 10.3. The van der Waals surface area contributed by atoms with Gasteiger partial charge in [-0.15, -0.1) is 0 Å². The molecule has 0 bridgehead atoms. The maximum Gasteiger partial charge on any atom is 0.162 e. The van der Waals surface area contributed by atoms with Crippen molar-refractivity contribution in [3.8, 4) is 11.5 Å². The van der Waals surface area contributed by atoms with Crippen molar-refractivity contribution in [3.05, 3.63) is 53.1 Å². The Balaban J connectivity index is 2.21. The van der Waals surface area contributed by atoms with Gasteiger partial charge in [0.15, 0.2) is 11.5 Å². The molecule has 0 heterocycles. The number of hydrogen-bond donors (Lipinski definition) is 1. The van der Waals surface area contributed by atoms with Gasteiger partial charge in [0.05, 0.1) is 14.2 Å². The van der Waals surface area contributed by atoms with Crippen molar-refractivity contribution in [1.29, 1.82) is 0 Å². The third-order valence-corrected chi connectivity index (χ3v) is 3.21. The van der Waals surface area contributed by atoms with Gasteiger partial charge in [-0.25, -0.2) is 8.78 Å². The van der Waals surface area contributed by atoms with Crippen LogP contribution in [0.15, 0.2) is 30.3 Å². The van der Waals surface area contributed by atoms with E-state index in [1.54, 1.807) is 20.3 Å². The van der Waals surface area contributed by atoms with Gasteiger partial charge in [0, 0.05) is 23.9 Å². The van der Waals surface area contributed by atoms with Gasteiger partial charge in [-0.2, -0.15) is 0 Å². The van der Waals surface area contributed by atoms with E-state index in [0.29, 0.717) is 11.5 Å². The van der Waals surface area contributed by atoms with Crippen molar-refractivity contribution in [2.24, 2.45) is 0 Å². The molecule has 3 nitrogen and oxygen atoms in total. The maximum absolute atomic E-state index is 13.6. The maximum atomic E-state index is 13.6. The van der Waals surface area contributed by atoms with E-state index >= 15 is 0 Å². The molecule has 0 radical (unpaired) electrons. The summed E-state index contributed by atoms with van der Waals surface area (Å²) in [7, 11) is 3.11. The van der Waals surface area contributed by atoms with E-state index in [1.807, 2.05) is 13.0 Å². The Labute approximate surface area is 122 Å². The summed E-state index contributed by atoms with van der Waals surface area (Å²) in [6, 6.07) is 6.99. The van der Waals surface area contributed by atoms with Gasteiger partial charge >= 0.3 is 0 Å². The second-order valence-corrected chi connectivity index (χ2v) is 4.61. The molecule has 2 aromatic rings. The quantitative estimate of drug-likeness (QED) is 0.907. The average Bonchev–Trinajstić information content (AvgIpc) is 2.48. The summed E-state index contributed by atoms with van der Waals surface area (Å²) in [5.41, 5.74) is 1.96. The molecule has 0 saturated carbocycles. The monoisotopic (exact) mass is 293 g/mol. The van der Waals surface area contributed by atoms with Crippen molar-refractivity contribution in [1.82, 2.24) is 0 Å². The number of halogens is 2. The lowest BCUT2D eigenvalue weighted by Crippen LogP contribution is -2.04. The molecular formula is C16H17F2NO2. The Hall–Kier alpha value is -2.30. The first-order chi connectivity index (χ1) is 10.0. The van der Waals surface area contributed by atoms with E-state index in [2.05, 4.69) is 5.32 Å². The zero-order chi connectivity index (χ0) is 15.4. The lowest BCUT2D eigenvalue weighted by molar-refractivity contribution is 0.355. The van der Waals surface area contributed by atoms with Crippen LogP contribution >= 0.6 is 0 Å². The van der Waals surface area contributed by atoms with Gasteiger partial charge in [0.1, 0.15) is 11.6 Å². The first-order valence-corrected chi connectivity index (χ1v) is 6.45. The van der Waals surface area contributed by atoms with Crippen LogP contribution in [0.1, 0.15) is 11.1 Å². The molecule has 0 unspecified atom stereocenters. The van der Waals surface area contributed by atoms with Gasteiger partial charge in [-0.1, -0.05) is 0 Å². The second kappa shape index (κ2) is 6.43. The fraction of sp³-hybridized carbons (Fsp3) is 0.250. The van der Waals surface area contributed by atoms with Gasteiger partial charge in [-0.3, -0.25) is 0 Å². The summed E-state index contributed by atoms with van der Waals surface area (Å²) in [6.07, 6.45) is 0. The summed E-state index contributed by atoms with van der Waals surface area (Å²) < 4.78 is 37.2. The predicted molar refractivity (Wildman–Crippen MR) is 78.0 cm³/mol. The Bertz CT molecular complexity index is 644. The number of anilines is 1. The van der Waals surface area contributed by atoms with Crippen LogP contribution in [0.5, 0.6) is 11.5 Å². The van der Waals surface area contributed by atoms with Crippen molar-refractivity contribution in [3.63, 3.8) is 0 Å². The molecule has 0 aliphatic heterocycles. The summed E-state index contributed by atoms with van der Waals surface area (Å²) in [5.74, 6) is 0.294. The number of aryl methyl sites for hydroxylation is 1. The third-order valence-electron chi connectivity index (χ3n) is 3.21. The van der Waals surface area contributed by atoms with Crippen molar-refractivity contribution in [2.45, 2.75) is 13.5 Å². The standard InChI is InChI=1S/C16H17F2NO2/c1-10-6-15(20-2)16(21-3)8-14(10)19-9-11-7-12(17)4-5-13(11)18/h4-8,19H,9H2,1-3H3. The number of methoxy groups -OCH3 is 2. The van der Waals surface area contributed by atoms with E-state index in [-0.39, 0.29) is 12.1 Å². The van der Waals surface area contributed by atoms with Crippen LogP contribution in [-0.2, 0) is 6.54 Å². The van der Waals surface area contributed by atoms with E-state index in [1.165, 1.54) is 6.07 Å². The minimum absolute atomic E-state index is 0.180. The molecule has 0 amide bonds. The number of rotatable bonds is 5. The number of nitrogens with one attached hydrogen (secondary N) is 1. The Morgan fingerprint density at radius 3 is 2.33 bits per heavy atom. The molecular weight excluding hydrogens is 276 g/mol. The second-order valence-electron chi connectivity index (χ2n) is 4.61. The van der Waals surface area contributed by atoms with Crippen molar-refractivity contribution >= 4 is 5.69 Å². The Morgan fingerprint density at radius 2 is 1.67 bits per heavy atom. The Kier molecular flexibility index (Phi) is 4.62.